The average molecular weight is 193 g/mol. The molecule has 0 aliphatic heterocycles. The highest BCUT2D eigenvalue weighted by Gasteiger charge is 2.05. The second kappa shape index (κ2) is 5.40. The SMILES string of the molecule is C[C@@H](CC(=O)O)NCc1ccccc1. The molecule has 0 aliphatic carbocycles. The molecule has 0 aliphatic rings. The van der Waals surface area contributed by atoms with Crippen LogP contribution < -0.4 is 5.32 Å². The Hall–Kier alpha value is -1.35. The van der Waals surface area contributed by atoms with Crippen molar-refractivity contribution in [3.63, 3.8) is 0 Å². The first kappa shape index (κ1) is 10.7. The summed E-state index contributed by atoms with van der Waals surface area (Å²) < 4.78 is 0. The van der Waals surface area contributed by atoms with Crippen LogP contribution in [0.2, 0.25) is 0 Å². The Balaban J connectivity index is 2.30. The summed E-state index contributed by atoms with van der Waals surface area (Å²) in [5, 5.41) is 11.7. The zero-order chi connectivity index (χ0) is 10.4. The maximum absolute atomic E-state index is 10.4. The number of carboxylic acid groups (broad SMARTS) is 1. The molecular weight excluding hydrogens is 178 g/mol. The second-order valence-corrected chi connectivity index (χ2v) is 3.37. The molecule has 1 rings (SSSR count). The van der Waals surface area contributed by atoms with Gasteiger partial charge in [-0.2, -0.15) is 0 Å². The van der Waals surface area contributed by atoms with E-state index in [0.29, 0.717) is 0 Å². The van der Waals surface area contributed by atoms with Crippen LogP contribution in [0.4, 0.5) is 0 Å². The highest BCUT2D eigenvalue weighted by Crippen LogP contribution is 1.99. The third kappa shape index (κ3) is 4.05. The highest BCUT2D eigenvalue weighted by atomic mass is 16.4. The van der Waals surface area contributed by atoms with E-state index in [1.54, 1.807) is 0 Å². The van der Waals surface area contributed by atoms with Crippen LogP contribution in [-0.2, 0) is 11.3 Å². The molecule has 0 bridgehead atoms. The normalized spacial score (nSPS) is 12.4. The lowest BCUT2D eigenvalue weighted by molar-refractivity contribution is -0.137. The molecule has 0 radical (unpaired) electrons. The van der Waals surface area contributed by atoms with Crippen LogP contribution in [0.15, 0.2) is 30.3 Å². The first-order valence-electron chi connectivity index (χ1n) is 4.67. The van der Waals surface area contributed by atoms with Crippen LogP contribution in [0.1, 0.15) is 18.9 Å². The average Bonchev–Trinajstić information content (AvgIpc) is 2.15. The van der Waals surface area contributed by atoms with Gasteiger partial charge < -0.3 is 10.4 Å². The summed E-state index contributed by atoms with van der Waals surface area (Å²) in [5.41, 5.74) is 1.17. The van der Waals surface area contributed by atoms with Crippen molar-refractivity contribution in [2.24, 2.45) is 0 Å². The Morgan fingerprint density at radius 1 is 1.43 bits per heavy atom. The van der Waals surface area contributed by atoms with Crippen molar-refractivity contribution in [3.8, 4) is 0 Å². The first-order chi connectivity index (χ1) is 6.68. The van der Waals surface area contributed by atoms with Gasteiger partial charge in [0, 0.05) is 12.6 Å². The van der Waals surface area contributed by atoms with Crippen molar-refractivity contribution in [3.05, 3.63) is 35.9 Å². The summed E-state index contributed by atoms with van der Waals surface area (Å²) in [5.74, 6) is -0.766. The molecule has 0 amide bonds. The number of nitrogens with one attached hydrogen (secondary N) is 1. The molecule has 1 aromatic carbocycles. The van der Waals surface area contributed by atoms with Crippen LogP contribution in [-0.4, -0.2) is 17.1 Å². The highest BCUT2D eigenvalue weighted by molar-refractivity contribution is 5.67. The second-order valence-electron chi connectivity index (χ2n) is 3.37. The summed E-state index contributed by atoms with van der Waals surface area (Å²) >= 11 is 0. The van der Waals surface area contributed by atoms with Crippen molar-refractivity contribution < 1.29 is 9.90 Å². The zero-order valence-electron chi connectivity index (χ0n) is 8.23. The van der Waals surface area contributed by atoms with E-state index >= 15 is 0 Å². The predicted octanol–water partition coefficient (Wildman–Crippen LogP) is 1.64. The van der Waals surface area contributed by atoms with Crippen LogP contribution in [0.5, 0.6) is 0 Å². The Kier molecular flexibility index (Phi) is 4.13. The standard InChI is InChI=1S/C11H15NO2/c1-9(7-11(13)14)12-8-10-5-3-2-4-6-10/h2-6,9,12H,7-8H2,1H3,(H,13,14)/t9-/m0/s1. The predicted molar refractivity (Wildman–Crippen MR) is 55.0 cm³/mol. The van der Waals surface area contributed by atoms with Gasteiger partial charge in [-0.1, -0.05) is 30.3 Å². The van der Waals surface area contributed by atoms with Gasteiger partial charge in [0.25, 0.3) is 0 Å². The fraction of sp³-hybridized carbons (Fsp3) is 0.364. The minimum atomic E-state index is -0.766. The largest absolute Gasteiger partial charge is 0.481 e. The summed E-state index contributed by atoms with van der Waals surface area (Å²) in [6.07, 6.45) is 0.160. The van der Waals surface area contributed by atoms with Gasteiger partial charge in [0.15, 0.2) is 0 Å². The van der Waals surface area contributed by atoms with E-state index in [2.05, 4.69) is 5.32 Å². The van der Waals surface area contributed by atoms with E-state index in [9.17, 15) is 4.79 Å². The molecule has 14 heavy (non-hydrogen) atoms. The van der Waals surface area contributed by atoms with Crippen LogP contribution in [0.25, 0.3) is 0 Å². The van der Waals surface area contributed by atoms with Gasteiger partial charge in [-0.15, -0.1) is 0 Å². The van der Waals surface area contributed by atoms with Crippen LogP contribution >= 0.6 is 0 Å². The molecule has 0 spiro atoms. The van der Waals surface area contributed by atoms with E-state index in [1.807, 2.05) is 37.3 Å². The lowest BCUT2D eigenvalue weighted by atomic mass is 10.2. The van der Waals surface area contributed by atoms with E-state index < -0.39 is 5.97 Å². The van der Waals surface area contributed by atoms with Gasteiger partial charge in [-0.25, -0.2) is 0 Å². The molecule has 0 aromatic heterocycles. The summed E-state index contributed by atoms with van der Waals surface area (Å²) in [6, 6.07) is 9.94. The van der Waals surface area contributed by atoms with Gasteiger partial charge in [-0.3, -0.25) is 4.79 Å². The fourth-order valence-electron chi connectivity index (χ4n) is 1.22. The molecule has 0 unspecified atom stereocenters. The Morgan fingerprint density at radius 2 is 2.07 bits per heavy atom. The molecule has 0 fully saturated rings. The molecule has 2 N–H and O–H groups in total. The van der Waals surface area contributed by atoms with E-state index in [4.69, 9.17) is 5.11 Å². The van der Waals surface area contributed by atoms with Gasteiger partial charge in [0.1, 0.15) is 0 Å². The maximum atomic E-state index is 10.4. The number of hydrogen-bond donors (Lipinski definition) is 2. The monoisotopic (exact) mass is 193 g/mol. The molecule has 76 valence electrons. The molecular formula is C11H15NO2. The van der Waals surface area contributed by atoms with Gasteiger partial charge in [-0.05, 0) is 12.5 Å². The third-order valence-electron chi connectivity index (χ3n) is 1.98. The Bertz CT molecular complexity index is 285. The summed E-state index contributed by atoms with van der Waals surface area (Å²) in [4.78, 5) is 10.4. The minimum absolute atomic E-state index is 0.00714. The molecule has 3 heteroatoms. The quantitative estimate of drug-likeness (QED) is 0.747. The Labute approximate surface area is 83.8 Å². The zero-order valence-corrected chi connectivity index (χ0v) is 8.23. The van der Waals surface area contributed by atoms with Crippen molar-refractivity contribution in [1.29, 1.82) is 0 Å². The topological polar surface area (TPSA) is 49.3 Å². The van der Waals surface area contributed by atoms with E-state index in [1.165, 1.54) is 5.56 Å². The molecule has 3 nitrogen and oxygen atoms in total. The summed E-state index contributed by atoms with van der Waals surface area (Å²) in [7, 11) is 0. The number of carboxylic acids is 1. The molecule has 0 saturated carbocycles. The fourth-order valence-corrected chi connectivity index (χ4v) is 1.22. The number of aliphatic carboxylic acids is 1. The van der Waals surface area contributed by atoms with Crippen molar-refractivity contribution >= 4 is 5.97 Å². The maximum Gasteiger partial charge on any atom is 0.304 e. The smallest absolute Gasteiger partial charge is 0.304 e. The van der Waals surface area contributed by atoms with Gasteiger partial charge in [0.05, 0.1) is 6.42 Å². The number of carbonyl (C=O) groups is 1. The molecule has 0 heterocycles. The van der Waals surface area contributed by atoms with Crippen molar-refractivity contribution in [2.75, 3.05) is 0 Å². The lowest BCUT2D eigenvalue weighted by Crippen LogP contribution is -2.27. The van der Waals surface area contributed by atoms with Crippen molar-refractivity contribution in [1.82, 2.24) is 5.32 Å². The minimum Gasteiger partial charge on any atom is -0.481 e. The number of rotatable bonds is 5. The molecule has 1 aromatic rings. The summed E-state index contributed by atoms with van der Waals surface area (Å²) in [6.45, 7) is 2.59. The van der Waals surface area contributed by atoms with Gasteiger partial charge in [0.2, 0.25) is 0 Å². The van der Waals surface area contributed by atoms with Gasteiger partial charge >= 0.3 is 5.97 Å². The number of benzene rings is 1. The Morgan fingerprint density at radius 3 is 2.64 bits per heavy atom. The van der Waals surface area contributed by atoms with Crippen molar-refractivity contribution in [2.45, 2.75) is 25.9 Å². The van der Waals surface area contributed by atoms with Crippen LogP contribution in [0, 0.1) is 0 Å². The first-order valence-corrected chi connectivity index (χ1v) is 4.67. The van der Waals surface area contributed by atoms with E-state index in [-0.39, 0.29) is 12.5 Å². The number of hydrogen-bond acceptors (Lipinski definition) is 2. The molecule has 0 saturated heterocycles. The molecule has 1 atom stereocenters. The van der Waals surface area contributed by atoms with Crippen LogP contribution in [0.3, 0.4) is 0 Å². The third-order valence-corrected chi connectivity index (χ3v) is 1.98. The van der Waals surface area contributed by atoms with E-state index in [0.717, 1.165) is 6.54 Å². The lowest BCUT2D eigenvalue weighted by Gasteiger charge is -2.10.